The first-order valence-corrected chi connectivity index (χ1v) is 11.1. The first-order valence-electron chi connectivity index (χ1n) is 11.1. The standard InChI is InChI=1S/C26H24N4O4/c1-26(2,33)17-8-11-22(30(34)14-17)16-5-3-6-19(13-16)29-15-21(25(32)28-18-9-10-18)23(31)20-7-4-12-27-24(20)29/h3-8,11-15,18,33H,9-10H2,1-2H3,(H,28,32). The van der Waals surface area contributed by atoms with Crippen molar-refractivity contribution < 1.29 is 14.6 Å². The summed E-state index contributed by atoms with van der Waals surface area (Å²) >= 11 is 0. The van der Waals surface area contributed by atoms with Crippen LogP contribution < -0.4 is 15.5 Å². The number of nitrogens with zero attached hydrogens (tertiary/aromatic N) is 3. The fourth-order valence-electron chi connectivity index (χ4n) is 3.89. The number of aliphatic hydroxyl groups is 1. The normalized spacial score (nSPS) is 13.7. The van der Waals surface area contributed by atoms with Gasteiger partial charge in [-0.05, 0) is 63.1 Å². The Balaban J connectivity index is 1.64. The Bertz CT molecular complexity index is 1480. The molecule has 1 aliphatic carbocycles. The molecule has 34 heavy (non-hydrogen) atoms. The Hall–Kier alpha value is -4.04. The van der Waals surface area contributed by atoms with Crippen molar-refractivity contribution in [1.29, 1.82) is 0 Å². The molecule has 1 amide bonds. The first-order chi connectivity index (χ1) is 16.2. The third-order valence-corrected chi connectivity index (χ3v) is 5.96. The van der Waals surface area contributed by atoms with E-state index in [0.717, 1.165) is 17.6 Å². The number of aromatic nitrogens is 3. The molecule has 3 aromatic heterocycles. The van der Waals surface area contributed by atoms with Crippen LogP contribution in [0.4, 0.5) is 0 Å². The van der Waals surface area contributed by atoms with Crippen LogP contribution in [0.15, 0.2) is 71.9 Å². The maximum absolute atomic E-state index is 13.0. The minimum absolute atomic E-state index is 0.0474. The summed E-state index contributed by atoms with van der Waals surface area (Å²) in [5, 5.41) is 26.2. The highest BCUT2D eigenvalue weighted by Crippen LogP contribution is 2.25. The smallest absolute Gasteiger partial charge is 0.257 e. The van der Waals surface area contributed by atoms with Crippen LogP contribution in [0.3, 0.4) is 0 Å². The highest BCUT2D eigenvalue weighted by molar-refractivity contribution is 5.97. The Morgan fingerprint density at radius 1 is 1.21 bits per heavy atom. The van der Waals surface area contributed by atoms with E-state index in [9.17, 15) is 19.9 Å². The van der Waals surface area contributed by atoms with Crippen molar-refractivity contribution in [2.24, 2.45) is 0 Å². The van der Waals surface area contributed by atoms with E-state index in [0.29, 0.717) is 33.5 Å². The molecule has 0 atom stereocenters. The number of fused-ring (bicyclic) bond motifs is 1. The molecule has 0 radical (unpaired) electrons. The van der Waals surface area contributed by atoms with Gasteiger partial charge < -0.3 is 20.2 Å². The van der Waals surface area contributed by atoms with Crippen molar-refractivity contribution in [3.8, 4) is 16.9 Å². The number of rotatable bonds is 5. The molecule has 2 N–H and O–H groups in total. The number of carbonyl (C=O) groups is 1. The number of nitrogens with one attached hydrogen (secondary N) is 1. The lowest BCUT2D eigenvalue weighted by Crippen LogP contribution is -2.32. The molecular weight excluding hydrogens is 432 g/mol. The molecular formula is C26H24N4O4. The monoisotopic (exact) mass is 456 g/mol. The molecule has 0 spiro atoms. The van der Waals surface area contributed by atoms with Gasteiger partial charge in [-0.3, -0.25) is 9.59 Å². The van der Waals surface area contributed by atoms with Gasteiger partial charge in [0, 0.05) is 41.3 Å². The highest BCUT2D eigenvalue weighted by Gasteiger charge is 2.26. The van der Waals surface area contributed by atoms with E-state index in [1.54, 1.807) is 67.1 Å². The largest absolute Gasteiger partial charge is 0.618 e. The van der Waals surface area contributed by atoms with E-state index in [2.05, 4.69) is 10.3 Å². The van der Waals surface area contributed by atoms with Gasteiger partial charge in [-0.1, -0.05) is 6.07 Å². The van der Waals surface area contributed by atoms with Crippen LogP contribution in [0.25, 0.3) is 28.0 Å². The zero-order chi connectivity index (χ0) is 24.0. The number of benzene rings is 1. The van der Waals surface area contributed by atoms with Gasteiger partial charge in [0.05, 0.1) is 11.0 Å². The summed E-state index contributed by atoms with van der Waals surface area (Å²) in [5.41, 5.74) is 1.16. The first kappa shape index (κ1) is 21.8. The van der Waals surface area contributed by atoms with Gasteiger partial charge in [0.2, 0.25) is 11.1 Å². The second kappa shape index (κ2) is 8.07. The van der Waals surface area contributed by atoms with Crippen molar-refractivity contribution in [1.82, 2.24) is 14.9 Å². The van der Waals surface area contributed by atoms with Gasteiger partial charge >= 0.3 is 0 Å². The minimum atomic E-state index is -1.13. The van der Waals surface area contributed by atoms with E-state index in [1.165, 1.54) is 12.4 Å². The summed E-state index contributed by atoms with van der Waals surface area (Å²) < 4.78 is 2.42. The number of hydrogen-bond donors (Lipinski definition) is 2. The van der Waals surface area contributed by atoms with E-state index < -0.39 is 11.5 Å². The molecule has 1 saturated carbocycles. The molecule has 1 aliphatic rings. The predicted molar refractivity (Wildman–Crippen MR) is 127 cm³/mol. The van der Waals surface area contributed by atoms with Crippen molar-refractivity contribution in [3.05, 3.63) is 93.7 Å². The number of carbonyl (C=O) groups excluding carboxylic acids is 1. The molecule has 0 saturated heterocycles. The lowest BCUT2D eigenvalue weighted by molar-refractivity contribution is -0.594. The van der Waals surface area contributed by atoms with Crippen LogP contribution >= 0.6 is 0 Å². The fourth-order valence-corrected chi connectivity index (χ4v) is 3.89. The highest BCUT2D eigenvalue weighted by atomic mass is 16.5. The van der Waals surface area contributed by atoms with Gasteiger partial charge in [0.1, 0.15) is 11.2 Å². The molecule has 3 heterocycles. The Kier molecular flexibility index (Phi) is 5.17. The third-order valence-electron chi connectivity index (χ3n) is 5.96. The number of amides is 1. The van der Waals surface area contributed by atoms with Crippen molar-refractivity contribution >= 4 is 16.9 Å². The summed E-state index contributed by atoms with van der Waals surface area (Å²) in [6.45, 7) is 3.24. The molecule has 0 bridgehead atoms. The molecule has 1 aromatic carbocycles. The van der Waals surface area contributed by atoms with Gasteiger partial charge in [-0.2, -0.15) is 4.73 Å². The van der Waals surface area contributed by atoms with Gasteiger partial charge in [0.25, 0.3) is 5.91 Å². The third kappa shape index (κ3) is 4.04. The number of pyridine rings is 3. The van der Waals surface area contributed by atoms with Crippen LogP contribution in [-0.4, -0.2) is 26.6 Å². The average Bonchev–Trinajstić information content (AvgIpc) is 3.63. The lowest BCUT2D eigenvalue weighted by atomic mass is 9.99. The molecule has 172 valence electrons. The number of hydrogen-bond acceptors (Lipinski definition) is 5. The zero-order valence-electron chi connectivity index (χ0n) is 18.9. The second-order valence-corrected chi connectivity index (χ2v) is 9.10. The molecule has 0 unspecified atom stereocenters. The molecule has 5 rings (SSSR count). The Morgan fingerprint density at radius 2 is 2.00 bits per heavy atom. The van der Waals surface area contributed by atoms with Crippen LogP contribution in [-0.2, 0) is 5.60 Å². The SMILES string of the molecule is CC(C)(O)c1ccc(-c2cccc(-n3cc(C(=O)NC4CC4)c(=O)c4cccnc43)c2)[n+]([O-])c1. The fraction of sp³-hybridized carbons (Fsp3) is 0.231. The summed E-state index contributed by atoms with van der Waals surface area (Å²) in [6.07, 6.45) is 6.29. The van der Waals surface area contributed by atoms with Gasteiger partial charge in [-0.25, -0.2) is 4.98 Å². The van der Waals surface area contributed by atoms with E-state index in [-0.39, 0.29) is 17.0 Å². The topological polar surface area (TPSA) is 111 Å². The van der Waals surface area contributed by atoms with Crippen molar-refractivity contribution in [2.75, 3.05) is 0 Å². The lowest BCUT2D eigenvalue weighted by Gasteiger charge is -2.17. The van der Waals surface area contributed by atoms with E-state index in [4.69, 9.17) is 0 Å². The summed E-state index contributed by atoms with van der Waals surface area (Å²) in [7, 11) is 0. The van der Waals surface area contributed by atoms with E-state index in [1.807, 2.05) is 6.07 Å². The maximum atomic E-state index is 13.0. The zero-order valence-corrected chi connectivity index (χ0v) is 18.9. The summed E-state index contributed by atoms with van der Waals surface area (Å²) in [5.74, 6) is -0.400. The predicted octanol–water partition coefficient (Wildman–Crippen LogP) is 2.81. The average molecular weight is 457 g/mol. The quantitative estimate of drug-likeness (QED) is 0.354. The van der Waals surface area contributed by atoms with Crippen LogP contribution in [0.2, 0.25) is 0 Å². The molecule has 0 aliphatic heterocycles. The molecule has 1 fully saturated rings. The van der Waals surface area contributed by atoms with Gasteiger partial charge in [0.15, 0.2) is 6.20 Å². The van der Waals surface area contributed by atoms with E-state index >= 15 is 0 Å². The Morgan fingerprint density at radius 3 is 2.71 bits per heavy atom. The van der Waals surface area contributed by atoms with Crippen molar-refractivity contribution in [3.63, 3.8) is 0 Å². The van der Waals surface area contributed by atoms with Crippen molar-refractivity contribution in [2.45, 2.75) is 38.3 Å². The van der Waals surface area contributed by atoms with Crippen LogP contribution in [0.1, 0.15) is 42.6 Å². The van der Waals surface area contributed by atoms with Crippen LogP contribution in [0.5, 0.6) is 0 Å². The Labute approximate surface area is 195 Å². The molecule has 4 aromatic rings. The maximum Gasteiger partial charge on any atom is 0.257 e. The molecule has 8 nitrogen and oxygen atoms in total. The summed E-state index contributed by atoms with van der Waals surface area (Å²) in [6, 6.07) is 14.0. The van der Waals surface area contributed by atoms with Crippen LogP contribution in [0, 0.1) is 5.21 Å². The molecule has 8 heteroatoms. The minimum Gasteiger partial charge on any atom is -0.618 e. The summed E-state index contributed by atoms with van der Waals surface area (Å²) in [4.78, 5) is 30.2. The van der Waals surface area contributed by atoms with Gasteiger partial charge in [-0.15, -0.1) is 0 Å². The second-order valence-electron chi connectivity index (χ2n) is 9.10.